The summed E-state index contributed by atoms with van der Waals surface area (Å²) in [6, 6.07) is 15.1. The predicted molar refractivity (Wildman–Crippen MR) is 107 cm³/mol. The molecular formula is C14H24I2Si2. The van der Waals surface area contributed by atoms with E-state index in [4.69, 9.17) is 0 Å². The van der Waals surface area contributed by atoms with Crippen molar-refractivity contribution < 1.29 is 0 Å². The molecule has 0 aliphatic rings. The number of benzene rings is 1. The fourth-order valence-corrected chi connectivity index (χ4v) is 8.70. The van der Waals surface area contributed by atoms with Crippen LogP contribution in [-0.2, 0) is 0 Å². The van der Waals surface area contributed by atoms with Gasteiger partial charge in [0.1, 0.15) is 0 Å². The van der Waals surface area contributed by atoms with E-state index in [1.165, 1.54) is 24.2 Å². The first-order valence-corrected chi connectivity index (χ1v) is 18.0. The highest BCUT2D eigenvalue weighted by Crippen LogP contribution is 2.25. The van der Waals surface area contributed by atoms with E-state index < -0.39 is 11.1 Å². The first-order valence-electron chi connectivity index (χ1n) is 6.94. The SMILES string of the molecule is CC[Si](I)(CC)c1ccc([Si](I)(CC)CC)cc1. The molecule has 1 aromatic carbocycles. The van der Waals surface area contributed by atoms with E-state index in [1.54, 1.807) is 10.4 Å². The van der Waals surface area contributed by atoms with Crippen LogP contribution in [0, 0.1) is 0 Å². The maximum absolute atomic E-state index is 2.77. The zero-order valence-electron chi connectivity index (χ0n) is 11.9. The topological polar surface area (TPSA) is 0 Å². The van der Waals surface area contributed by atoms with Crippen LogP contribution in [0.25, 0.3) is 0 Å². The van der Waals surface area contributed by atoms with Gasteiger partial charge < -0.3 is 0 Å². The highest BCUT2D eigenvalue weighted by Gasteiger charge is 2.30. The van der Waals surface area contributed by atoms with Crippen molar-refractivity contribution in [2.24, 2.45) is 0 Å². The van der Waals surface area contributed by atoms with E-state index in [9.17, 15) is 0 Å². The molecule has 0 nitrogen and oxygen atoms in total. The summed E-state index contributed by atoms with van der Waals surface area (Å²) in [5, 5.41) is 3.27. The van der Waals surface area contributed by atoms with Gasteiger partial charge in [-0.2, -0.15) is 0 Å². The Morgan fingerprint density at radius 1 is 0.667 bits per heavy atom. The second-order valence-electron chi connectivity index (χ2n) is 4.92. The second kappa shape index (κ2) is 7.22. The molecule has 0 saturated carbocycles. The van der Waals surface area contributed by atoms with Crippen molar-refractivity contribution in [3.63, 3.8) is 0 Å². The molecule has 102 valence electrons. The molecule has 0 saturated heterocycles. The quantitative estimate of drug-likeness (QED) is 0.294. The van der Waals surface area contributed by atoms with Crippen molar-refractivity contribution in [1.82, 2.24) is 0 Å². The molecule has 0 fully saturated rings. The van der Waals surface area contributed by atoms with Crippen LogP contribution in [0.1, 0.15) is 27.7 Å². The smallest absolute Gasteiger partial charge is 0.113 e. The molecule has 1 rings (SSSR count). The van der Waals surface area contributed by atoms with Gasteiger partial charge in [0.05, 0.1) is 0 Å². The van der Waals surface area contributed by atoms with Crippen molar-refractivity contribution in [2.45, 2.75) is 51.9 Å². The second-order valence-corrected chi connectivity index (χ2v) is 25.2. The van der Waals surface area contributed by atoms with Gasteiger partial charge in [-0.1, -0.05) is 52.0 Å². The van der Waals surface area contributed by atoms with Gasteiger partial charge in [-0.15, -0.1) is 43.6 Å². The predicted octanol–water partition coefficient (Wildman–Crippen LogP) is 4.94. The minimum atomic E-state index is -1.19. The van der Waals surface area contributed by atoms with Crippen LogP contribution in [0.3, 0.4) is 0 Å². The van der Waals surface area contributed by atoms with Crippen LogP contribution < -0.4 is 10.4 Å². The number of hydrogen-bond acceptors (Lipinski definition) is 0. The van der Waals surface area contributed by atoms with Gasteiger partial charge in [0.15, 0.2) is 11.1 Å². The van der Waals surface area contributed by atoms with Crippen molar-refractivity contribution in [3.8, 4) is 0 Å². The molecule has 0 heterocycles. The van der Waals surface area contributed by atoms with Gasteiger partial charge in [0.25, 0.3) is 0 Å². The van der Waals surface area contributed by atoms with Crippen LogP contribution in [0.2, 0.25) is 24.2 Å². The number of rotatable bonds is 6. The van der Waals surface area contributed by atoms with Gasteiger partial charge in [0.2, 0.25) is 0 Å². The minimum Gasteiger partial charge on any atom is -0.113 e. The largest absolute Gasteiger partial charge is 0.155 e. The van der Waals surface area contributed by atoms with E-state index in [1.807, 2.05) is 0 Å². The minimum absolute atomic E-state index is 1.19. The molecule has 0 unspecified atom stereocenters. The Balaban J connectivity index is 3.06. The lowest BCUT2D eigenvalue weighted by Crippen LogP contribution is -2.44. The Morgan fingerprint density at radius 2 is 0.889 bits per heavy atom. The summed E-state index contributed by atoms with van der Waals surface area (Å²) < 4.78 is 0. The van der Waals surface area contributed by atoms with Gasteiger partial charge in [-0.3, -0.25) is 0 Å². The summed E-state index contributed by atoms with van der Waals surface area (Å²) in [4.78, 5) is 0. The summed E-state index contributed by atoms with van der Waals surface area (Å²) in [5.41, 5.74) is -2.39. The highest BCUT2D eigenvalue weighted by atomic mass is 127. The first kappa shape index (κ1) is 17.2. The Hall–Kier alpha value is 1.11. The highest BCUT2D eigenvalue weighted by molar-refractivity contribution is 14.1. The molecule has 0 spiro atoms. The van der Waals surface area contributed by atoms with Crippen molar-refractivity contribution in [1.29, 1.82) is 0 Å². The normalized spacial score (nSPS) is 12.8. The lowest BCUT2D eigenvalue weighted by Gasteiger charge is -2.26. The number of hydrogen-bond donors (Lipinski definition) is 0. The van der Waals surface area contributed by atoms with Crippen molar-refractivity contribution in [2.75, 3.05) is 0 Å². The Morgan fingerprint density at radius 3 is 1.06 bits per heavy atom. The summed E-state index contributed by atoms with van der Waals surface area (Å²) in [7, 11) is 0. The molecule has 0 N–H and O–H groups in total. The molecule has 0 atom stereocenters. The average Bonchev–Trinajstić information content (AvgIpc) is 2.45. The van der Waals surface area contributed by atoms with Crippen LogP contribution in [-0.4, -0.2) is 11.1 Å². The number of halogens is 2. The monoisotopic (exact) mass is 502 g/mol. The fourth-order valence-electron chi connectivity index (χ4n) is 2.38. The van der Waals surface area contributed by atoms with E-state index in [-0.39, 0.29) is 0 Å². The van der Waals surface area contributed by atoms with Crippen molar-refractivity contribution in [3.05, 3.63) is 24.3 Å². The zero-order valence-corrected chi connectivity index (χ0v) is 18.2. The molecule has 1 aromatic rings. The van der Waals surface area contributed by atoms with E-state index >= 15 is 0 Å². The van der Waals surface area contributed by atoms with Crippen molar-refractivity contribution >= 4 is 65.1 Å². The molecule has 0 aliphatic carbocycles. The Bertz CT molecular complexity index is 331. The average molecular weight is 502 g/mol. The molecule has 4 heteroatoms. The lowest BCUT2D eigenvalue weighted by molar-refractivity contribution is 1.32. The zero-order chi connectivity index (χ0) is 13.8. The fraction of sp³-hybridized carbons (Fsp3) is 0.571. The summed E-state index contributed by atoms with van der Waals surface area (Å²) in [6.45, 7) is 9.41. The molecule has 0 radical (unpaired) electrons. The van der Waals surface area contributed by atoms with Gasteiger partial charge in [-0.05, 0) is 34.5 Å². The van der Waals surface area contributed by atoms with Crippen LogP contribution >= 0.6 is 43.6 Å². The standard InChI is InChI=1S/C14H24I2Si2/c1-5-17(15,6-2)13-9-11-14(12-10-13)18(16,7-3)8-4/h9-12H,5-8H2,1-4H3. The molecular weight excluding hydrogens is 478 g/mol. The third kappa shape index (κ3) is 3.60. The summed E-state index contributed by atoms with van der Waals surface area (Å²) >= 11 is 5.54. The van der Waals surface area contributed by atoms with Crippen LogP contribution in [0.5, 0.6) is 0 Å². The maximum atomic E-state index is 2.77. The van der Waals surface area contributed by atoms with Gasteiger partial charge >= 0.3 is 0 Å². The molecule has 0 amide bonds. The Labute approximate surface area is 140 Å². The maximum Gasteiger partial charge on any atom is 0.155 e. The third-order valence-electron chi connectivity index (χ3n) is 4.16. The first-order chi connectivity index (χ1) is 8.45. The van der Waals surface area contributed by atoms with E-state index in [2.05, 4.69) is 95.6 Å². The summed E-state index contributed by atoms with van der Waals surface area (Å²) in [5.74, 6) is 0. The Kier molecular flexibility index (Phi) is 6.88. The molecule has 0 aliphatic heterocycles. The third-order valence-corrected chi connectivity index (χ3v) is 24.3. The van der Waals surface area contributed by atoms with Crippen LogP contribution in [0.4, 0.5) is 0 Å². The van der Waals surface area contributed by atoms with Crippen LogP contribution in [0.15, 0.2) is 24.3 Å². The molecule has 0 bridgehead atoms. The lowest BCUT2D eigenvalue weighted by atomic mass is 10.4. The molecule has 0 aromatic heterocycles. The van der Waals surface area contributed by atoms with Gasteiger partial charge in [-0.25, -0.2) is 0 Å². The van der Waals surface area contributed by atoms with E-state index in [0.29, 0.717) is 0 Å². The van der Waals surface area contributed by atoms with Gasteiger partial charge in [0, 0.05) is 0 Å². The molecule has 18 heavy (non-hydrogen) atoms. The van der Waals surface area contributed by atoms with E-state index in [0.717, 1.165) is 0 Å². The summed E-state index contributed by atoms with van der Waals surface area (Å²) in [6.07, 6.45) is 0.